The van der Waals surface area contributed by atoms with E-state index in [0.717, 1.165) is 0 Å². The van der Waals surface area contributed by atoms with Crippen molar-refractivity contribution in [1.29, 1.82) is 0 Å². The number of benzene rings is 1. The van der Waals surface area contributed by atoms with Crippen LogP contribution in [0.3, 0.4) is 0 Å². The molecule has 0 amide bonds. The molecule has 0 radical (unpaired) electrons. The zero-order valence-corrected chi connectivity index (χ0v) is 6.33. The molecule has 0 saturated carbocycles. The molecule has 64 valence electrons. The van der Waals surface area contributed by atoms with Crippen molar-refractivity contribution >= 4 is 17.9 Å². The van der Waals surface area contributed by atoms with Crippen LogP contribution in [0.15, 0.2) is 6.07 Å². The Kier molecular flexibility index (Phi) is 2.38. The summed E-state index contributed by atoms with van der Waals surface area (Å²) >= 11 is 5.01. The molecule has 1 aromatic carbocycles. The lowest BCUT2D eigenvalue weighted by molar-refractivity contribution is 0.111. The Labute approximate surface area is 70.8 Å². The first-order valence-electron chi connectivity index (χ1n) is 2.86. The van der Waals surface area contributed by atoms with Crippen molar-refractivity contribution in [2.24, 2.45) is 0 Å². The van der Waals surface area contributed by atoms with E-state index < -0.39 is 28.0 Å². The minimum Gasteiger partial charge on any atom is -0.298 e. The number of carbonyl (C=O) groups is 1. The molecule has 1 rings (SSSR count). The van der Waals surface area contributed by atoms with Gasteiger partial charge >= 0.3 is 0 Å². The van der Waals surface area contributed by atoms with E-state index in [1.54, 1.807) is 0 Å². The molecule has 0 aliphatic rings. The van der Waals surface area contributed by atoms with E-state index in [2.05, 4.69) is 0 Å². The maximum atomic E-state index is 12.6. The third kappa shape index (κ3) is 1.30. The SMILES string of the molecule is O=Cc1cc(F)c(Cl)c(F)c1F. The summed E-state index contributed by atoms with van der Waals surface area (Å²) in [5, 5.41) is -0.946. The van der Waals surface area contributed by atoms with Gasteiger partial charge in [0.05, 0.1) is 5.56 Å². The molecular weight excluding hydrogens is 193 g/mol. The van der Waals surface area contributed by atoms with Crippen LogP contribution in [0.5, 0.6) is 0 Å². The largest absolute Gasteiger partial charge is 0.298 e. The molecule has 0 spiro atoms. The van der Waals surface area contributed by atoms with Crippen LogP contribution in [0.1, 0.15) is 10.4 Å². The molecule has 0 heterocycles. The van der Waals surface area contributed by atoms with Crippen LogP contribution in [0.25, 0.3) is 0 Å². The molecule has 0 aromatic heterocycles. The highest BCUT2D eigenvalue weighted by Gasteiger charge is 2.16. The first-order chi connectivity index (χ1) is 5.57. The average Bonchev–Trinajstić information content (AvgIpc) is 2.08. The Morgan fingerprint density at radius 1 is 1.25 bits per heavy atom. The van der Waals surface area contributed by atoms with E-state index in [1.165, 1.54) is 0 Å². The third-order valence-corrected chi connectivity index (χ3v) is 1.60. The molecule has 0 bridgehead atoms. The van der Waals surface area contributed by atoms with Crippen molar-refractivity contribution in [3.8, 4) is 0 Å². The van der Waals surface area contributed by atoms with Gasteiger partial charge in [-0.3, -0.25) is 4.79 Å². The summed E-state index contributed by atoms with van der Waals surface area (Å²) in [6, 6.07) is 0.535. The van der Waals surface area contributed by atoms with Crippen molar-refractivity contribution in [1.82, 2.24) is 0 Å². The van der Waals surface area contributed by atoms with Gasteiger partial charge < -0.3 is 0 Å². The number of hydrogen-bond acceptors (Lipinski definition) is 1. The van der Waals surface area contributed by atoms with Gasteiger partial charge in [0.25, 0.3) is 0 Å². The molecule has 0 saturated heterocycles. The smallest absolute Gasteiger partial charge is 0.181 e. The number of aldehydes is 1. The number of carbonyl (C=O) groups excluding carboxylic acids is 1. The predicted molar refractivity (Wildman–Crippen MR) is 36.7 cm³/mol. The van der Waals surface area contributed by atoms with E-state index in [0.29, 0.717) is 6.07 Å². The van der Waals surface area contributed by atoms with Gasteiger partial charge in [0.2, 0.25) is 0 Å². The number of hydrogen-bond donors (Lipinski definition) is 0. The molecule has 0 aliphatic heterocycles. The Morgan fingerprint density at radius 2 is 1.83 bits per heavy atom. The van der Waals surface area contributed by atoms with E-state index in [4.69, 9.17) is 11.6 Å². The van der Waals surface area contributed by atoms with Crippen LogP contribution in [0, 0.1) is 17.5 Å². The summed E-state index contributed by atoms with van der Waals surface area (Å²) in [6.45, 7) is 0. The topological polar surface area (TPSA) is 17.1 Å². The lowest BCUT2D eigenvalue weighted by atomic mass is 10.2. The second-order valence-corrected chi connectivity index (χ2v) is 2.39. The molecule has 1 nitrogen and oxygen atoms in total. The fourth-order valence-corrected chi connectivity index (χ4v) is 0.814. The Bertz CT molecular complexity index is 338. The number of rotatable bonds is 1. The zero-order valence-electron chi connectivity index (χ0n) is 5.57. The highest BCUT2D eigenvalue weighted by atomic mass is 35.5. The molecule has 0 fully saturated rings. The fraction of sp³-hybridized carbons (Fsp3) is 0. The van der Waals surface area contributed by atoms with Gasteiger partial charge in [-0.15, -0.1) is 0 Å². The lowest BCUT2D eigenvalue weighted by Gasteiger charge is -1.99. The molecule has 0 N–H and O–H groups in total. The van der Waals surface area contributed by atoms with Crippen LogP contribution < -0.4 is 0 Å². The normalized spacial score (nSPS) is 10.0. The maximum Gasteiger partial charge on any atom is 0.181 e. The van der Waals surface area contributed by atoms with Crippen LogP contribution in [0.4, 0.5) is 13.2 Å². The van der Waals surface area contributed by atoms with Crippen LogP contribution >= 0.6 is 11.6 Å². The van der Waals surface area contributed by atoms with Gasteiger partial charge in [0.15, 0.2) is 17.9 Å². The maximum absolute atomic E-state index is 12.6. The van der Waals surface area contributed by atoms with E-state index >= 15 is 0 Å². The summed E-state index contributed by atoms with van der Waals surface area (Å²) in [5.41, 5.74) is -0.686. The molecule has 12 heavy (non-hydrogen) atoms. The second-order valence-electron chi connectivity index (χ2n) is 2.01. The Morgan fingerprint density at radius 3 is 2.33 bits per heavy atom. The number of halogens is 4. The zero-order chi connectivity index (χ0) is 9.30. The quantitative estimate of drug-likeness (QED) is 0.382. The standard InChI is InChI=1S/C7H2ClF3O/c8-5-4(9)1-3(2-12)6(10)7(5)11/h1-2H. The molecule has 5 heteroatoms. The van der Waals surface area contributed by atoms with Gasteiger partial charge in [-0.05, 0) is 6.07 Å². The van der Waals surface area contributed by atoms with Gasteiger partial charge in [-0.25, -0.2) is 13.2 Å². The third-order valence-electron chi connectivity index (χ3n) is 1.26. The van der Waals surface area contributed by atoms with E-state index in [-0.39, 0.29) is 6.29 Å². The summed E-state index contributed by atoms with van der Waals surface area (Å²) in [6.07, 6.45) is 0.0117. The Balaban J connectivity index is 3.49. The second kappa shape index (κ2) is 3.15. The van der Waals surface area contributed by atoms with Crippen molar-refractivity contribution in [3.63, 3.8) is 0 Å². The first kappa shape index (κ1) is 9.06. The highest BCUT2D eigenvalue weighted by molar-refractivity contribution is 6.31. The van der Waals surface area contributed by atoms with Crippen molar-refractivity contribution in [2.75, 3.05) is 0 Å². The Hall–Kier alpha value is -1.03. The summed E-state index contributed by atoms with van der Waals surface area (Å²) < 4.78 is 37.6. The summed E-state index contributed by atoms with van der Waals surface area (Å²) in [7, 11) is 0. The fourth-order valence-electron chi connectivity index (χ4n) is 0.677. The molecule has 0 aliphatic carbocycles. The minimum atomic E-state index is -1.54. The van der Waals surface area contributed by atoms with Crippen LogP contribution in [-0.4, -0.2) is 6.29 Å². The van der Waals surface area contributed by atoms with Gasteiger partial charge in [-0.2, -0.15) is 0 Å². The average molecular weight is 195 g/mol. The van der Waals surface area contributed by atoms with Gasteiger partial charge in [0, 0.05) is 0 Å². The summed E-state index contributed by atoms with van der Waals surface area (Å²) in [4.78, 5) is 10.0. The van der Waals surface area contributed by atoms with E-state index in [1.807, 2.05) is 0 Å². The predicted octanol–water partition coefficient (Wildman–Crippen LogP) is 2.57. The lowest BCUT2D eigenvalue weighted by Crippen LogP contribution is -1.96. The first-order valence-corrected chi connectivity index (χ1v) is 3.24. The molecule has 0 unspecified atom stereocenters. The van der Waals surface area contributed by atoms with Crippen molar-refractivity contribution in [2.45, 2.75) is 0 Å². The molecule has 1 aromatic rings. The molecule has 0 atom stereocenters. The monoisotopic (exact) mass is 194 g/mol. The van der Waals surface area contributed by atoms with E-state index in [9.17, 15) is 18.0 Å². The minimum absolute atomic E-state index is 0.0117. The highest BCUT2D eigenvalue weighted by Crippen LogP contribution is 2.23. The molecular formula is C7H2ClF3O. The summed E-state index contributed by atoms with van der Waals surface area (Å²) in [5.74, 6) is -4.13. The van der Waals surface area contributed by atoms with Gasteiger partial charge in [-0.1, -0.05) is 11.6 Å². The van der Waals surface area contributed by atoms with Crippen LogP contribution in [0.2, 0.25) is 5.02 Å². The van der Waals surface area contributed by atoms with Crippen molar-refractivity contribution < 1.29 is 18.0 Å². The van der Waals surface area contributed by atoms with Crippen molar-refractivity contribution in [3.05, 3.63) is 34.1 Å². The van der Waals surface area contributed by atoms with Crippen LogP contribution in [-0.2, 0) is 0 Å². The van der Waals surface area contributed by atoms with Gasteiger partial charge in [0.1, 0.15) is 10.8 Å².